The van der Waals surface area contributed by atoms with E-state index < -0.39 is 28.5 Å². The molecule has 0 saturated heterocycles. The van der Waals surface area contributed by atoms with E-state index in [1.165, 1.54) is 4.90 Å². The molecule has 0 saturated carbocycles. The molecular formula is C33H35Cl2N3O4S. The first-order chi connectivity index (χ1) is 20.4. The Morgan fingerprint density at radius 2 is 1.56 bits per heavy atom. The van der Waals surface area contributed by atoms with Crippen molar-refractivity contribution >= 4 is 61.5 Å². The molecule has 0 fully saturated rings. The van der Waals surface area contributed by atoms with E-state index in [2.05, 4.69) is 5.32 Å². The van der Waals surface area contributed by atoms with E-state index in [1.807, 2.05) is 74.5 Å². The van der Waals surface area contributed by atoms with Gasteiger partial charge in [0.2, 0.25) is 21.8 Å². The summed E-state index contributed by atoms with van der Waals surface area (Å²) in [6.45, 7) is 3.84. The molecule has 0 bridgehead atoms. The van der Waals surface area contributed by atoms with Crippen molar-refractivity contribution in [2.75, 3.05) is 23.7 Å². The zero-order valence-electron chi connectivity index (χ0n) is 24.3. The van der Waals surface area contributed by atoms with Gasteiger partial charge in [0.1, 0.15) is 12.6 Å². The normalized spacial score (nSPS) is 12.2. The summed E-state index contributed by atoms with van der Waals surface area (Å²) >= 11 is 12.7. The van der Waals surface area contributed by atoms with E-state index in [0.717, 1.165) is 21.5 Å². The van der Waals surface area contributed by atoms with Crippen molar-refractivity contribution in [1.29, 1.82) is 0 Å². The Bertz CT molecular complexity index is 1690. The number of carbonyl (C=O) groups excluding carboxylic acids is 2. The Kier molecular flexibility index (Phi) is 10.7. The maximum absolute atomic E-state index is 14.3. The monoisotopic (exact) mass is 639 g/mol. The Balaban J connectivity index is 1.79. The smallest absolute Gasteiger partial charge is 0.244 e. The van der Waals surface area contributed by atoms with Gasteiger partial charge in [0, 0.05) is 34.9 Å². The number of hydrogen-bond donors (Lipinski definition) is 1. The summed E-state index contributed by atoms with van der Waals surface area (Å²) in [4.78, 5) is 29.5. The van der Waals surface area contributed by atoms with Gasteiger partial charge in [0.15, 0.2) is 0 Å². The fourth-order valence-electron chi connectivity index (χ4n) is 4.83. The minimum atomic E-state index is -3.91. The summed E-state index contributed by atoms with van der Waals surface area (Å²) in [6.07, 6.45) is 1.29. The predicted octanol–water partition coefficient (Wildman–Crippen LogP) is 6.32. The lowest BCUT2D eigenvalue weighted by molar-refractivity contribution is -0.140. The van der Waals surface area contributed by atoms with Gasteiger partial charge in [0.05, 0.1) is 11.9 Å². The van der Waals surface area contributed by atoms with Gasteiger partial charge in [-0.05, 0) is 40.6 Å². The van der Waals surface area contributed by atoms with Gasteiger partial charge >= 0.3 is 0 Å². The first kappa shape index (κ1) is 32.3. The summed E-state index contributed by atoms with van der Waals surface area (Å²) in [5, 5.41) is 5.25. The van der Waals surface area contributed by atoms with Crippen LogP contribution in [0.15, 0.2) is 91.0 Å². The second-order valence-electron chi connectivity index (χ2n) is 10.9. The average Bonchev–Trinajstić information content (AvgIpc) is 2.97. The number of nitrogens with one attached hydrogen (secondary N) is 1. The van der Waals surface area contributed by atoms with E-state index in [1.54, 1.807) is 30.3 Å². The molecular weight excluding hydrogens is 605 g/mol. The van der Waals surface area contributed by atoms with Crippen molar-refractivity contribution in [3.05, 3.63) is 112 Å². The number of rotatable bonds is 12. The van der Waals surface area contributed by atoms with Crippen molar-refractivity contribution < 1.29 is 18.0 Å². The molecule has 7 nitrogen and oxygen atoms in total. The van der Waals surface area contributed by atoms with Crippen molar-refractivity contribution in [2.24, 2.45) is 5.92 Å². The number of anilines is 1. The number of hydrogen-bond acceptors (Lipinski definition) is 4. The van der Waals surface area contributed by atoms with Crippen LogP contribution in [0.25, 0.3) is 10.8 Å². The quantitative estimate of drug-likeness (QED) is 0.196. The van der Waals surface area contributed by atoms with Crippen molar-refractivity contribution in [3.8, 4) is 0 Å². The molecule has 0 aromatic heterocycles. The molecule has 1 N–H and O–H groups in total. The molecule has 10 heteroatoms. The first-order valence-electron chi connectivity index (χ1n) is 13.9. The van der Waals surface area contributed by atoms with Gasteiger partial charge in [-0.25, -0.2) is 8.42 Å². The van der Waals surface area contributed by atoms with Crippen LogP contribution in [0.1, 0.15) is 25.0 Å². The molecule has 2 amide bonds. The summed E-state index contributed by atoms with van der Waals surface area (Å²) < 4.78 is 27.5. The Morgan fingerprint density at radius 1 is 0.884 bits per heavy atom. The fourth-order valence-corrected chi connectivity index (χ4v) is 6.16. The number of amides is 2. The minimum absolute atomic E-state index is 0.0332. The standard InChI is InChI=1S/C33H35Cl2N3O4S/c1-23(2)20-36-33(40)31(18-24-10-5-4-6-11-24)37(21-26-16-17-27(34)19-29(26)35)32(39)22-38(43(3,41)42)30-15-9-13-25-12-7-8-14-28(25)30/h4-17,19,23,31H,18,20-22H2,1-3H3,(H,36,40). The summed E-state index contributed by atoms with van der Waals surface area (Å²) in [7, 11) is -3.91. The van der Waals surface area contributed by atoms with E-state index in [9.17, 15) is 18.0 Å². The largest absolute Gasteiger partial charge is 0.354 e. The highest BCUT2D eigenvalue weighted by Gasteiger charge is 2.33. The third-order valence-corrected chi connectivity index (χ3v) is 8.74. The molecule has 0 heterocycles. The van der Waals surface area contributed by atoms with E-state index in [-0.39, 0.29) is 24.8 Å². The van der Waals surface area contributed by atoms with Gasteiger partial charge in [-0.3, -0.25) is 13.9 Å². The van der Waals surface area contributed by atoms with Gasteiger partial charge < -0.3 is 10.2 Å². The second kappa shape index (κ2) is 14.3. The third-order valence-electron chi connectivity index (χ3n) is 7.03. The van der Waals surface area contributed by atoms with Gasteiger partial charge in [-0.1, -0.05) is 110 Å². The number of carbonyl (C=O) groups is 2. The summed E-state index contributed by atoms with van der Waals surface area (Å²) in [5.41, 5.74) is 1.80. The van der Waals surface area contributed by atoms with Crippen LogP contribution in [0.4, 0.5) is 5.69 Å². The highest BCUT2D eigenvalue weighted by molar-refractivity contribution is 7.92. The lowest BCUT2D eigenvalue weighted by atomic mass is 10.0. The highest BCUT2D eigenvalue weighted by Crippen LogP contribution is 2.29. The molecule has 4 aromatic rings. The minimum Gasteiger partial charge on any atom is -0.354 e. The predicted molar refractivity (Wildman–Crippen MR) is 175 cm³/mol. The topological polar surface area (TPSA) is 86.8 Å². The molecule has 4 rings (SSSR count). The Hall–Kier alpha value is -3.59. The van der Waals surface area contributed by atoms with E-state index in [4.69, 9.17) is 23.2 Å². The van der Waals surface area contributed by atoms with Crippen molar-refractivity contribution in [3.63, 3.8) is 0 Å². The highest BCUT2D eigenvalue weighted by atomic mass is 35.5. The van der Waals surface area contributed by atoms with Crippen LogP contribution >= 0.6 is 23.2 Å². The molecule has 0 aliphatic heterocycles. The summed E-state index contributed by atoms with van der Waals surface area (Å²) in [5.74, 6) is -0.708. The average molecular weight is 641 g/mol. The zero-order valence-corrected chi connectivity index (χ0v) is 26.7. The van der Waals surface area contributed by atoms with Gasteiger partial charge in [-0.2, -0.15) is 0 Å². The molecule has 1 unspecified atom stereocenters. The lowest BCUT2D eigenvalue weighted by Gasteiger charge is -2.34. The number of benzene rings is 4. The second-order valence-corrected chi connectivity index (χ2v) is 13.6. The lowest BCUT2D eigenvalue weighted by Crippen LogP contribution is -2.53. The summed E-state index contributed by atoms with van der Waals surface area (Å²) in [6, 6.07) is 26.1. The maximum atomic E-state index is 14.3. The van der Waals surface area contributed by atoms with Crippen LogP contribution in [0.3, 0.4) is 0 Å². The van der Waals surface area contributed by atoms with Gasteiger partial charge in [0.25, 0.3) is 0 Å². The van der Waals surface area contributed by atoms with Crippen LogP contribution in [0.2, 0.25) is 10.0 Å². The molecule has 4 aromatic carbocycles. The zero-order chi connectivity index (χ0) is 31.1. The number of nitrogens with zero attached hydrogens (tertiary/aromatic N) is 2. The van der Waals surface area contributed by atoms with Crippen LogP contribution in [0, 0.1) is 5.92 Å². The van der Waals surface area contributed by atoms with Crippen LogP contribution in [-0.2, 0) is 32.6 Å². The van der Waals surface area contributed by atoms with Crippen LogP contribution in [-0.4, -0.2) is 50.5 Å². The molecule has 0 aliphatic rings. The molecule has 226 valence electrons. The van der Waals surface area contributed by atoms with E-state index in [0.29, 0.717) is 33.2 Å². The number of halogens is 2. The Morgan fingerprint density at radius 3 is 2.23 bits per heavy atom. The molecule has 0 spiro atoms. The SMILES string of the molecule is CC(C)CNC(=O)C(Cc1ccccc1)N(Cc1ccc(Cl)cc1Cl)C(=O)CN(c1cccc2ccccc12)S(C)(=O)=O. The van der Waals surface area contributed by atoms with Crippen LogP contribution < -0.4 is 9.62 Å². The number of fused-ring (bicyclic) bond motifs is 1. The first-order valence-corrected chi connectivity index (χ1v) is 16.5. The molecule has 43 heavy (non-hydrogen) atoms. The Labute approximate surface area is 263 Å². The maximum Gasteiger partial charge on any atom is 0.244 e. The number of sulfonamides is 1. The van der Waals surface area contributed by atoms with Crippen molar-refractivity contribution in [1.82, 2.24) is 10.2 Å². The molecule has 1 atom stereocenters. The fraction of sp³-hybridized carbons (Fsp3) is 0.273. The third kappa shape index (κ3) is 8.50. The van der Waals surface area contributed by atoms with Crippen LogP contribution in [0.5, 0.6) is 0 Å². The molecule has 0 radical (unpaired) electrons. The van der Waals surface area contributed by atoms with Gasteiger partial charge in [-0.15, -0.1) is 0 Å². The van der Waals surface area contributed by atoms with Crippen molar-refractivity contribution in [2.45, 2.75) is 32.9 Å². The molecule has 0 aliphatic carbocycles. The van der Waals surface area contributed by atoms with E-state index >= 15 is 0 Å².